The highest BCUT2D eigenvalue weighted by molar-refractivity contribution is 5.94. The van der Waals surface area contributed by atoms with E-state index in [9.17, 15) is 9.59 Å². The lowest BCUT2D eigenvalue weighted by atomic mass is 10.1. The standard InChI is InChI=1S/C25H21NO3/c1-2-18-5-3-6-19(15-18)9-10-20-7-4-8-23(16-20)24(27)26-17-21-11-13-22(14-12-21)25(28)29/h3-8,11-16H,2,17H2,1H3,(H,26,27)(H,28,29). The summed E-state index contributed by atoms with van der Waals surface area (Å²) in [6.07, 6.45) is 0.963. The topological polar surface area (TPSA) is 66.4 Å². The van der Waals surface area contributed by atoms with Gasteiger partial charge < -0.3 is 10.4 Å². The smallest absolute Gasteiger partial charge is 0.335 e. The normalized spacial score (nSPS) is 9.97. The third kappa shape index (κ3) is 5.57. The number of benzene rings is 3. The summed E-state index contributed by atoms with van der Waals surface area (Å²) in [4.78, 5) is 23.3. The molecule has 0 aliphatic heterocycles. The zero-order chi connectivity index (χ0) is 20.6. The highest BCUT2D eigenvalue weighted by Crippen LogP contribution is 2.08. The maximum atomic E-state index is 12.4. The van der Waals surface area contributed by atoms with Crippen molar-refractivity contribution in [1.29, 1.82) is 0 Å². The molecule has 3 rings (SSSR count). The van der Waals surface area contributed by atoms with Crippen molar-refractivity contribution in [2.24, 2.45) is 0 Å². The molecule has 0 atom stereocenters. The molecule has 2 N–H and O–H groups in total. The van der Waals surface area contributed by atoms with E-state index in [0.717, 1.165) is 23.1 Å². The maximum absolute atomic E-state index is 12.4. The number of carbonyl (C=O) groups excluding carboxylic acids is 1. The van der Waals surface area contributed by atoms with Crippen LogP contribution in [0.4, 0.5) is 0 Å². The lowest BCUT2D eigenvalue weighted by molar-refractivity contribution is 0.0696. The van der Waals surface area contributed by atoms with Crippen molar-refractivity contribution in [2.45, 2.75) is 19.9 Å². The van der Waals surface area contributed by atoms with Crippen LogP contribution in [0.1, 0.15) is 49.9 Å². The number of nitrogens with one attached hydrogen (secondary N) is 1. The van der Waals surface area contributed by atoms with E-state index in [0.29, 0.717) is 12.1 Å². The predicted molar refractivity (Wildman–Crippen MR) is 113 cm³/mol. The van der Waals surface area contributed by atoms with E-state index in [1.54, 1.807) is 24.3 Å². The highest BCUT2D eigenvalue weighted by atomic mass is 16.4. The Hall–Kier alpha value is -3.84. The van der Waals surface area contributed by atoms with Gasteiger partial charge in [-0.05, 0) is 60.0 Å². The zero-order valence-electron chi connectivity index (χ0n) is 16.1. The van der Waals surface area contributed by atoms with Gasteiger partial charge in [-0.25, -0.2) is 4.79 Å². The molecule has 0 saturated carbocycles. The van der Waals surface area contributed by atoms with Gasteiger partial charge in [0.2, 0.25) is 0 Å². The van der Waals surface area contributed by atoms with Crippen LogP contribution in [0, 0.1) is 11.8 Å². The van der Waals surface area contributed by atoms with E-state index < -0.39 is 5.97 Å². The van der Waals surface area contributed by atoms with Gasteiger partial charge in [-0.15, -0.1) is 0 Å². The lowest BCUT2D eigenvalue weighted by Gasteiger charge is -2.06. The van der Waals surface area contributed by atoms with Crippen LogP contribution in [-0.4, -0.2) is 17.0 Å². The fraction of sp³-hybridized carbons (Fsp3) is 0.120. The Morgan fingerprint density at radius 2 is 1.48 bits per heavy atom. The molecule has 0 aliphatic rings. The van der Waals surface area contributed by atoms with Gasteiger partial charge in [-0.3, -0.25) is 4.79 Å². The SMILES string of the molecule is CCc1cccc(C#Cc2cccc(C(=O)NCc3ccc(C(=O)O)cc3)c2)c1. The molecule has 4 nitrogen and oxygen atoms in total. The van der Waals surface area contributed by atoms with Gasteiger partial charge in [0.05, 0.1) is 5.56 Å². The molecule has 0 spiro atoms. The van der Waals surface area contributed by atoms with Crippen LogP contribution in [0.3, 0.4) is 0 Å². The van der Waals surface area contributed by atoms with Gasteiger partial charge in [-0.1, -0.05) is 49.1 Å². The van der Waals surface area contributed by atoms with Crippen molar-refractivity contribution >= 4 is 11.9 Å². The molecule has 0 aromatic heterocycles. The number of carboxylic acids is 1. The average Bonchev–Trinajstić information content (AvgIpc) is 2.76. The number of aromatic carboxylic acids is 1. The molecule has 0 bridgehead atoms. The first-order chi connectivity index (χ1) is 14.0. The number of rotatable bonds is 5. The molecular weight excluding hydrogens is 362 g/mol. The van der Waals surface area contributed by atoms with Crippen molar-refractivity contribution in [2.75, 3.05) is 0 Å². The van der Waals surface area contributed by atoms with Gasteiger partial charge in [0.1, 0.15) is 0 Å². The molecule has 3 aromatic carbocycles. The highest BCUT2D eigenvalue weighted by Gasteiger charge is 2.07. The van der Waals surface area contributed by atoms with Crippen LogP contribution in [0.5, 0.6) is 0 Å². The van der Waals surface area contributed by atoms with Crippen molar-refractivity contribution in [3.63, 3.8) is 0 Å². The van der Waals surface area contributed by atoms with E-state index in [2.05, 4.69) is 36.2 Å². The van der Waals surface area contributed by atoms with Gasteiger partial charge in [0.25, 0.3) is 5.91 Å². The van der Waals surface area contributed by atoms with Crippen molar-refractivity contribution in [3.05, 3.63) is 106 Å². The minimum absolute atomic E-state index is 0.205. The largest absolute Gasteiger partial charge is 0.478 e. The van der Waals surface area contributed by atoms with Gasteiger partial charge in [0.15, 0.2) is 0 Å². The maximum Gasteiger partial charge on any atom is 0.335 e. The Bertz CT molecular complexity index is 1090. The monoisotopic (exact) mass is 383 g/mol. The summed E-state index contributed by atoms with van der Waals surface area (Å²) < 4.78 is 0. The summed E-state index contributed by atoms with van der Waals surface area (Å²) >= 11 is 0. The summed E-state index contributed by atoms with van der Waals surface area (Å²) in [5.41, 5.74) is 4.53. The molecule has 144 valence electrons. The quantitative estimate of drug-likeness (QED) is 0.647. The van der Waals surface area contributed by atoms with Crippen LogP contribution in [0.15, 0.2) is 72.8 Å². The molecule has 0 fully saturated rings. The Kier molecular flexibility index (Phi) is 6.44. The summed E-state index contributed by atoms with van der Waals surface area (Å²) in [7, 11) is 0. The minimum Gasteiger partial charge on any atom is -0.478 e. The van der Waals surface area contributed by atoms with E-state index >= 15 is 0 Å². The molecule has 0 heterocycles. The lowest BCUT2D eigenvalue weighted by Crippen LogP contribution is -2.22. The van der Waals surface area contributed by atoms with E-state index in [-0.39, 0.29) is 11.5 Å². The summed E-state index contributed by atoms with van der Waals surface area (Å²) in [6, 6.07) is 21.7. The predicted octanol–water partition coefficient (Wildman–Crippen LogP) is 4.28. The molecule has 4 heteroatoms. The van der Waals surface area contributed by atoms with Crippen molar-refractivity contribution < 1.29 is 14.7 Å². The second kappa shape index (κ2) is 9.38. The van der Waals surface area contributed by atoms with Crippen LogP contribution in [-0.2, 0) is 13.0 Å². The first kappa shape index (κ1) is 19.9. The second-order valence-electron chi connectivity index (χ2n) is 6.57. The third-order valence-electron chi connectivity index (χ3n) is 4.47. The van der Waals surface area contributed by atoms with E-state index in [4.69, 9.17) is 5.11 Å². The molecular formula is C25H21NO3. The Balaban J connectivity index is 1.66. The Labute approximate surface area is 170 Å². The first-order valence-electron chi connectivity index (χ1n) is 9.36. The van der Waals surface area contributed by atoms with Crippen molar-refractivity contribution in [3.8, 4) is 11.8 Å². The Morgan fingerprint density at radius 1 is 0.828 bits per heavy atom. The fourth-order valence-electron chi connectivity index (χ4n) is 2.80. The summed E-state index contributed by atoms with van der Waals surface area (Å²) in [6.45, 7) is 2.42. The number of carboxylic acid groups (broad SMARTS) is 1. The van der Waals surface area contributed by atoms with Crippen LogP contribution < -0.4 is 5.32 Å². The van der Waals surface area contributed by atoms with E-state index in [1.807, 2.05) is 24.3 Å². The van der Waals surface area contributed by atoms with Crippen molar-refractivity contribution in [1.82, 2.24) is 5.32 Å². The van der Waals surface area contributed by atoms with Gasteiger partial charge >= 0.3 is 5.97 Å². The molecule has 0 aliphatic carbocycles. The van der Waals surface area contributed by atoms with Crippen LogP contribution >= 0.6 is 0 Å². The molecule has 0 saturated heterocycles. The zero-order valence-corrected chi connectivity index (χ0v) is 16.1. The molecule has 0 unspecified atom stereocenters. The van der Waals surface area contributed by atoms with Gasteiger partial charge in [0, 0.05) is 23.2 Å². The first-order valence-corrected chi connectivity index (χ1v) is 9.36. The molecule has 1 amide bonds. The third-order valence-corrected chi connectivity index (χ3v) is 4.47. The number of amides is 1. The summed E-state index contributed by atoms with van der Waals surface area (Å²) in [5, 5.41) is 11.8. The van der Waals surface area contributed by atoms with E-state index in [1.165, 1.54) is 17.7 Å². The molecule has 0 radical (unpaired) electrons. The van der Waals surface area contributed by atoms with Gasteiger partial charge in [-0.2, -0.15) is 0 Å². The second-order valence-corrected chi connectivity index (χ2v) is 6.57. The van der Waals surface area contributed by atoms with Crippen LogP contribution in [0.2, 0.25) is 0 Å². The number of hydrogen-bond acceptors (Lipinski definition) is 2. The summed E-state index contributed by atoms with van der Waals surface area (Å²) in [5.74, 6) is 5.08. The number of carbonyl (C=O) groups is 2. The molecule has 3 aromatic rings. The minimum atomic E-state index is -0.972. The Morgan fingerprint density at radius 3 is 2.14 bits per heavy atom. The number of hydrogen-bond donors (Lipinski definition) is 2. The van der Waals surface area contributed by atoms with Crippen LogP contribution in [0.25, 0.3) is 0 Å². The fourth-order valence-corrected chi connectivity index (χ4v) is 2.80. The number of aryl methyl sites for hydroxylation is 1. The molecule has 29 heavy (non-hydrogen) atoms. The average molecular weight is 383 g/mol.